The summed E-state index contributed by atoms with van der Waals surface area (Å²) in [7, 11) is -3.94. The molecule has 1 atom stereocenters. The van der Waals surface area contributed by atoms with E-state index < -0.39 is 27.0 Å². The molecule has 2 aliphatic heterocycles. The fraction of sp³-hybridized carbons (Fsp3) is 0.333. The van der Waals surface area contributed by atoms with E-state index in [1.54, 1.807) is 11.0 Å². The smallest absolute Gasteiger partial charge is 0.261 e. The maximum Gasteiger partial charge on any atom is 0.261 e. The van der Waals surface area contributed by atoms with Crippen LogP contribution in [0.5, 0.6) is 0 Å². The predicted octanol–water partition coefficient (Wildman–Crippen LogP) is 3.44. The second kappa shape index (κ2) is 8.88. The molecule has 0 aromatic heterocycles. The van der Waals surface area contributed by atoms with Gasteiger partial charge in [-0.05, 0) is 55.3 Å². The molecule has 0 spiro atoms. The molecule has 0 saturated carbocycles. The van der Waals surface area contributed by atoms with E-state index in [9.17, 15) is 22.4 Å². The summed E-state index contributed by atoms with van der Waals surface area (Å²) in [5.74, 6) is -1.13. The number of anilines is 2. The fourth-order valence-corrected chi connectivity index (χ4v) is 5.74. The van der Waals surface area contributed by atoms with Gasteiger partial charge in [-0.3, -0.25) is 14.3 Å². The Balaban J connectivity index is 1.52. The first-order valence-corrected chi connectivity index (χ1v) is 12.4. The minimum Gasteiger partial charge on any atom is -0.341 e. The van der Waals surface area contributed by atoms with Gasteiger partial charge in [0.1, 0.15) is 5.82 Å². The maximum absolute atomic E-state index is 13.0. The van der Waals surface area contributed by atoms with Gasteiger partial charge in [0.25, 0.3) is 10.0 Å². The molecule has 164 valence electrons. The largest absolute Gasteiger partial charge is 0.341 e. The number of nitrogens with one attached hydrogen (secondary N) is 2. The number of hydrogen-bond donors (Lipinski definition) is 2. The van der Waals surface area contributed by atoms with Crippen LogP contribution in [-0.2, 0) is 19.6 Å². The molecule has 31 heavy (non-hydrogen) atoms. The van der Waals surface area contributed by atoms with Crippen LogP contribution in [0.2, 0.25) is 0 Å². The van der Waals surface area contributed by atoms with Gasteiger partial charge >= 0.3 is 0 Å². The van der Waals surface area contributed by atoms with Crippen molar-refractivity contribution in [3.8, 4) is 0 Å². The van der Waals surface area contributed by atoms with Crippen molar-refractivity contribution < 1.29 is 22.4 Å². The molecule has 0 unspecified atom stereocenters. The lowest BCUT2D eigenvalue weighted by Gasteiger charge is -2.28. The average Bonchev–Trinajstić information content (AvgIpc) is 3.03. The van der Waals surface area contributed by atoms with Crippen molar-refractivity contribution in [2.24, 2.45) is 0 Å². The summed E-state index contributed by atoms with van der Waals surface area (Å²) in [6.45, 7) is 1.31. The van der Waals surface area contributed by atoms with Crippen LogP contribution in [-0.4, -0.2) is 43.5 Å². The highest BCUT2D eigenvalue weighted by molar-refractivity contribution is 8.01. The first-order valence-electron chi connectivity index (χ1n) is 10.0. The second-order valence-electron chi connectivity index (χ2n) is 7.50. The van der Waals surface area contributed by atoms with Gasteiger partial charge < -0.3 is 10.2 Å². The number of benzene rings is 2. The van der Waals surface area contributed by atoms with Gasteiger partial charge in [-0.25, -0.2) is 12.8 Å². The van der Waals surface area contributed by atoms with E-state index in [1.807, 2.05) is 0 Å². The number of nitrogens with zero attached hydrogens (tertiary/aromatic N) is 1. The molecule has 0 aliphatic carbocycles. The van der Waals surface area contributed by atoms with Crippen molar-refractivity contribution >= 4 is 45.0 Å². The Bertz CT molecular complexity index is 1100. The van der Waals surface area contributed by atoms with Crippen molar-refractivity contribution in [3.05, 3.63) is 48.3 Å². The van der Waals surface area contributed by atoms with E-state index in [-0.39, 0.29) is 16.5 Å². The third-order valence-electron chi connectivity index (χ3n) is 5.24. The van der Waals surface area contributed by atoms with Gasteiger partial charge in [0.2, 0.25) is 11.8 Å². The van der Waals surface area contributed by atoms with Gasteiger partial charge in [0.15, 0.2) is 5.25 Å². The third kappa shape index (κ3) is 4.85. The Morgan fingerprint density at radius 3 is 2.42 bits per heavy atom. The monoisotopic (exact) mass is 463 g/mol. The Kier molecular flexibility index (Phi) is 6.19. The van der Waals surface area contributed by atoms with E-state index in [4.69, 9.17) is 0 Å². The molecule has 0 radical (unpaired) electrons. The van der Waals surface area contributed by atoms with Gasteiger partial charge in [-0.15, -0.1) is 11.8 Å². The molecule has 2 aliphatic rings. The Morgan fingerprint density at radius 2 is 1.74 bits per heavy atom. The molecule has 2 amide bonds. The number of rotatable bonds is 4. The van der Waals surface area contributed by atoms with Crippen LogP contribution in [0.1, 0.15) is 25.7 Å². The number of carbonyl (C=O) groups is 2. The highest BCUT2D eigenvalue weighted by Crippen LogP contribution is 2.38. The molecular weight excluding hydrogens is 441 g/mol. The first kappa shape index (κ1) is 21.6. The zero-order valence-corrected chi connectivity index (χ0v) is 18.3. The van der Waals surface area contributed by atoms with Crippen molar-refractivity contribution in [1.82, 2.24) is 4.90 Å². The standard InChI is InChI=1S/C21H22FN3O4S2/c22-14-5-7-15(8-6-14)24-31(28,29)16-9-10-18-17(13-16)23-20(26)19(30-18)21(27)25-11-3-1-2-4-12-25/h5-10,13,19,24H,1-4,11-12H2,(H,23,26)/t19-/m0/s1. The molecular formula is C21H22FN3O4S2. The number of likely N-dealkylation sites (tertiary alicyclic amines) is 1. The minimum absolute atomic E-state index is 0.0474. The maximum atomic E-state index is 13.0. The zero-order valence-electron chi connectivity index (χ0n) is 16.6. The van der Waals surface area contributed by atoms with Crippen LogP contribution in [0.15, 0.2) is 52.3 Å². The molecule has 0 bridgehead atoms. The first-order chi connectivity index (χ1) is 14.8. The highest BCUT2D eigenvalue weighted by Gasteiger charge is 2.36. The molecule has 1 saturated heterocycles. The van der Waals surface area contributed by atoms with Gasteiger partial charge in [0, 0.05) is 23.7 Å². The van der Waals surface area contributed by atoms with Crippen molar-refractivity contribution in [2.75, 3.05) is 23.1 Å². The van der Waals surface area contributed by atoms with Crippen LogP contribution >= 0.6 is 11.8 Å². The van der Waals surface area contributed by atoms with Crippen molar-refractivity contribution in [1.29, 1.82) is 0 Å². The topological polar surface area (TPSA) is 95.6 Å². The van der Waals surface area contributed by atoms with Crippen LogP contribution in [0.3, 0.4) is 0 Å². The number of carbonyl (C=O) groups excluding carboxylic acids is 2. The van der Waals surface area contributed by atoms with Crippen LogP contribution in [0.4, 0.5) is 15.8 Å². The Morgan fingerprint density at radius 1 is 1.06 bits per heavy atom. The summed E-state index contributed by atoms with van der Waals surface area (Å²) < 4.78 is 40.8. The van der Waals surface area contributed by atoms with Gasteiger partial charge in [0.05, 0.1) is 10.6 Å². The molecule has 2 heterocycles. The quantitative estimate of drug-likeness (QED) is 0.678. The van der Waals surface area contributed by atoms with Crippen LogP contribution in [0.25, 0.3) is 0 Å². The minimum atomic E-state index is -3.94. The SMILES string of the molecule is O=C1Nc2cc(S(=O)(=O)Nc3ccc(F)cc3)ccc2S[C@@H]1C(=O)N1CCCCCC1. The molecule has 2 aromatic rings. The third-order valence-corrected chi connectivity index (χ3v) is 7.88. The number of thioether (sulfide) groups is 1. The fourth-order valence-electron chi connectivity index (χ4n) is 3.61. The number of amides is 2. The molecule has 10 heteroatoms. The average molecular weight is 464 g/mol. The van der Waals surface area contributed by atoms with E-state index in [2.05, 4.69) is 10.0 Å². The van der Waals surface area contributed by atoms with Crippen molar-refractivity contribution in [3.63, 3.8) is 0 Å². The summed E-state index contributed by atoms with van der Waals surface area (Å²) in [6.07, 6.45) is 4.03. The van der Waals surface area contributed by atoms with E-state index >= 15 is 0 Å². The summed E-state index contributed by atoms with van der Waals surface area (Å²) in [6, 6.07) is 9.32. The number of hydrogen-bond acceptors (Lipinski definition) is 5. The lowest BCUT2D eigenvalue weighted by Crippen LogP contribution is -2.45. The zero-order chi connectivity index (χ0) is 22.0. The number of fused-ring (bicyclic) bond motifs is 1. The molecule has 2 aromatic carbocycles. The number of sulfonamides is 1. The molecule has 2 N–H and O–H groups in total. The van der Waals surface area contributed by atoms with E-state index in [1.165, 1.54) is 24.3 Å². The van der Waals surface area contributed by atoms with Gasteiger partial charge in [-0.1, -0.05) is 12.8 Å². The lowest BCUT2D eigenvalue weighted by atomic mass is 10.2. The Hall–Kier alpha value is -2.59. The summed E-state index contributed by atoms with van der Waals surface area (Å²) >= 11 is 1.14. The number of halogens is 1. The summed E-state index contributed by atoms with van der Waals surface area (Å²) in [5, 5.41) is 1.80. The Labute approximate surface area is 184 Å². The van der Waals surface area contributed by atoms with Crippen LogP contribution < -0.4 is 10.0 Å². The molecule has 7 nitrogen and oxygen atoms in total. The predicted molar refractivity (Wildman–Crippen MR) is 117 cm³/mol. The molecule has 1 fully saturated rings. The van der Waals surface area contributed by atoms with E-state index in [0.717, 1.165) is 49.6 Å². The second-order valence-corrected chi connectivity index (χ2v) is 10.3. The van der Waals surface area contributed by atoms with Crippen molar-refractivity contribution in [2.45, 2.75) is 40.7 Å². The summed E-state index contributed by atoms with van der Waals surface area (Å²) in [4.78, 5) is 27.9. The normalized spacial score (nSPS) is 19.2. The van der Waals surface area contributed by atoms with Gasteiger partial charge in [-0.2, -0.15) is 0 Å². The highest BCUT2D eigenvalue weighted by atomic mass is 32.2. The summed E-state index contributed by atoms with van der Waals surface area (Å²) in [5.41, 5.74) is 0.567. The molecule has 4 rings (SSSR count). The lowest BCUT2D eigenvalue weighted by molar-refractivity contribution is -0.133. The van der Waals surface area contributed by atoms with E-state index in [0.29, 0.717) is 23.7 Å². The van der Waals surface area contributed by atoms with Crippen LogP contribution in [0, 0.1) is 5.82 Å².